The van der Waals surface area contributed by atoms with Crippen LogP contribution in [0.5, 0.6) is 0 Å². The van der Waals surface area contributed by atoms with Crippen LogP contribution in [-0.2, 0) is 15.7 Å². The van der Waals surface area contributed by atoms with E-state index in [2.05, 4.69) is 25.7 Å². The Kier molecular flexibility index (Phi) is 4.64. The first kappa shape index (κ1) is 18.9. The highest BCUT2D eigenvalue weighted by molar-refractivity contribution is 6.03. The summed E-state index contributed by atoms with van der Waals surface area (Å²) in [5.74, 6) is -0.619. The van der Waals surface area contributed by atoms with Gasteiger partial charge in [0.1, 0.15) is 17.4 Å². The largest absolute Gasteiger partial charge is 0.421 e. The van der Waals surface area contributed by atoms with Gasteiger partial charge in [-0.3, -0.25) is 4.79 Å². The molecule has 28 heavy (non-hydrogen) atoms. The smallest absolute Gasteiger partial charge is 0.381 e. The number of hydrogen-bond donors (Lipinski definition) is 2. The second-order valence-corrected chi connectivity index (χ2v) is 7.55. The fourth-order valence-electron chi connectivity index (χ4n) is 3.20. The van der Waals surface area contributed by atoms with Crippen molar-refractivity contribution in [2.24, 2.45) is 5.10 Å². The molecule has 3 heterocycles. The summed E-state index contributed by atoms with van der Waals surface area (Å²) >= 11 is 0. The monoisotopic (exact) mass is 398 g/mol. The number of alkyl halides is 3. The molecule has 8 nitrogen and oxygen atoms in total. The molecule has 2 fully saturated rings. The molecular weight excluding hydrogens is 377 g/mol. The fraction of sp³-hybridized carbons (Fsp3) is 0.647. The summed E-state index contributed by atoms with van der Waals surface area (Å²) in [7, 11) is 0. The van der Waals surface area contributed by atoms with Gasteiger partial charge in [0.15, 0.2) is 0 Å². The summed E-state index contributed by atoms with van der Waals surface area (Å²) in [5, 5.41) is 11.2. The normalized spacial score (nSPS) is 24.5. The Morgan fingerprint density at radius 2 is 2.00 bits per heavy atom. The molecule has 1 amide bonds. The Morgan fingerprint density at radius 1 is 1.29 bits per heavy atom. The molecule has 2 aliphatic heterocycles. The first-order valence-electron chi connectivity index (χ1n) is 9.19. The molecule has 4 rings (SSSR count). The topological polar surface area (TPSA) is 91.7 Å². The molecule has 3 aliphatic rings. The number of rotatable bonds is 5. The molecule has 1 aromatic heterocycles. The van der Waals surface area contributed by atoms with Crippen LogP contribution in [0.2, 0.25) is 0 Å². The van der Waals surface area contributed by atoms with E-state index in [9.17, 15) is 18.0 Å². The van der Waals surface area contributed by atoms with Crippen molar-refractivity contribution in [3.63, 3.8) is 0 Å². The predicted molar refractivity (Wildman–Crippen MR) is 94.9 cm³/mol. The highest BCUT2D eigenvalue weighted by Crippen LogP contribution is 2.41. The van der Waals surface area contributed by atoms with Crippen LogP contribution in [0.1, 0.15) is 38.2 Å². The third-order valence-electron chi connectivity index (χ3n) is 5.17. The third kappa shape index (κ3) is 3.89. The standard InChI is InChI=1S/C17H21F3N6O2/c1-16(4-5-16)25-13-11(17(18,19)20)8-21-15(24-13)23-12-9-22-26(14(12)27)10-2-6-28-7-3-10/h8-10,12H,2-7H2,1H3,(H2,21,23,24,25). The second-order valence-electron chi connectivity index (χ2n) is 7.55. The maximum atomic E-state index is 13.3. The van der Waals surface area contributed by atoms with E-state index in [1.807, 2.05) is 6.92 Å². The highest BCUT2D eigenvalue weighted by atomic mass is 19.4. The number of nitrogens with zero attached hydrogens (tertiary/aromatic N) is 4. The average Bonchev–Trinajstić information content (AvgIpc) is 3.26. The third-order valence-corrected chi connectivity index (χ3v) is 5.17. The molecule has 0 radical (unpaired) electrons. The molecule has 0 aromatic carbocycles. The average molecular weight is 398 g/mol. The van der Waals surface area contributed by atoms with Gasteiger partial charge in [-0.2, -0.15) is 23.3 Å². The van der Waals surface area contributed by atoms with Crippen LogP contribution in [0, 0.1) is 0 Å². The molecular formula is C17H21F3N6O2. The second kappa shape index (κ2) is 6.87. The highest BCUT2D eigenvalue weighted by Gasteiger charge is 2.42. The number of ether oxygens (including phenoxy) is 1. The van der Waals surface area contributed by atoms with Crippen molar-refractivity contribution in [1.29, 1.82) is 0 Å². The van der Waals surface area contributed by atoms with Crippen LogP contribution in [-0.4, -0.2) is 57.9 Å². The minimum atomic E-state index is -4.57. The van der Waals surface area contributed by atoms with Gasteiger partial charge in [-0.25, -0.2) is 9.99 Å². The van der Waals surface area contributed by atoms with E-state index in [4.69, 9.17) is 4.74 Å². The van der Waals surface area contributed by atoms with Gasteiger partial charge in [-0.15, -0.1) is 0 Å². The number of amides is 1. The van der Waals surface area contributed by atoms with E-state index in [0.717, 1.165) is 19.0 Å². The first-order chi connectivity index (χ1) is 13.3. The van der Waals surface area contributed by atoms with E-state index in [1.54, 1.807) is 0 Å². The maximum absolute atomic E-state index is 13.3. The summed E-state index contributed by atoms with van der Waals surface area (Å²) in [6, 6.07) is -0.853. The molecule has 1 atom stereocenters. The Hall–Kier alpha value is -2.43. The predicted octanol–water partition coefficient (Wildman–Crippen LogP) is 2.25. The zero-order valence-corrected chi connectivity index (χ0v) is 15.3. The van der Waals surface area contributed by atoms with Crippen LogP contribution in [0.3, 0.4) is 0 Å². The number of carbonyl (C=O) groups is 1. The SMILES string of the molecule is CC1(Nc2nc(NC3C=NN(C4CCOCC4)C3=O)ncc2C(F)(F)F)CC1. The number of halogens is 3. The van der Waals surface area contributed by atoms with Crippen molar-refractivity contribution >= 4 is 23.9 Å². The zero-order chi connectivity index (χ0) is 19.9. The quantitative estimate of drug-likeness (QED) is 0.791. The van der Waals surface area contributed by atoms with Crippen LogP contribution >= 0.6 is 0 Å². The number of carbonyl (C=O) groups excluding carboxylic acids is 1. The summed E-state index contributed by atoms with van der Waals surface area (Å²) < 4.78 is 45.1. The Labute approximate surface area is 159 Å². The lowest BCUT2D eigenvalue weighted by molar-refractivity contribution is -0.137. The Morgan fingerprint density at radius 3 is 2.64 bits per heavy atom. The number of hydrazone groups is 1. The van der Waals surface area contributed by atoms with E-state index >= 15 is 0 Å². The Bertz CT molecular complexity index is 790. The molecule has 1 unspecified atom stereocenters. The van der Waals surface area contributed by atoms with Crippen molar-refractivity contribution in [3.8, 4) is 0 Å². The molecule has 1 aliphatic carbocycles. The van der Waals surface area contributed by atoms with Crippen LogP contribution in [0.15, 0.2) is 11.3 Å². The van der Waals surface area contributed by atoms with Gasteiger partial charge in [0.25, 0.3) is 5.91 Å². The molecule has 0 bridgehead atoms. The van der Waals surface area contributed by atoms with Crippen molar-refractivity contribution in [2.45, 2.75) is 56.4 Å². The molecule has 0 spiro atoms. The molecule has 1 aromatic rings. The first-order valence-corrected chi connectivity index (χ1v) is 9.19. The molecule has 2 N–H and O–H groups in total. The van der Waals surface area contributed by atoms with E-state index in [-0.39, 0.29) is 23.7 Å². The minimum absolute atomic E-state index is 0.0372. The van der Waals surface area contributed by atoms with Crippen molar-refractivity contribution in [2.75, 3.05) is 23.8 Å². The molecule has 11 heteroatoms. The lowest BCUT2D eigenvalue weighted by atomic mass is 10.1. The van der Waals surface area contributed by atoms with Gasteiger partial charge in [-0.05, 0) is 32.6 Å². The maximum Gasteiger partial charge on any atom is 0.421 e. The number of aromatic nitrogens is 2. The fourth-order valence-corrected chi connectivity index (χ4v) is 3.20. The van der Waals surface area contributed by atoms with Crippen LogP contribution in [0.25, 0.3) is 0 Å². The number of anilines is 2. The van der Waals surface area contributed by atoms with Crippen LogP contribution in [0.4, 0.5) is 24.9 Å². The van der Waals surface area contributed by atoms with E-state index in [0.29, 0.717) is 26.1 Å². The van der Waals surface area contributed by atoms with Gasteiger partial charge in [0, 0.05) is 24.9 Å². The summed E-state index contributed by atoms with van der Waals surface area (Å²) in [6.45, 7) is 2.97. The number of nitrogens with one attached hydrogen (secondary N) is 2. The molecule has 1 saturated heterocycles. The molecule has 152 valence electrons. The van der Waals surface area contributed by atoms with Crippen molar-refractivity contribution in [1.82, 2.24) is 15.0 Å². The zero-order valence-electron chi connectivity index (χ0n) is 15.3. The summed E-state index contributed by atoms with van der Waals surface area (Å²) in [6.07, 6.45) is 0.509. The van der Waals surface area contributed by atoms with E-state index < -0.39 is 23.3 Å². The lowest BCUT2D eigenvalue weighted by Gasteiger charge is -2.28. The number of hydrogen-bond acceptors (Lipinski definition) is 7. The summed E-state index contributed by atoms with van der Waals surface area (Å²) in [4.78, 5) is 20.4. The van der Waals surface area contributed by atoms with Gasteiger partial charge >= 0.3 is 6.18 Å². The van der Waals surface area contributed by atoms with Gasteiger partial charge in [-0.1, -0.05) is 0 Å². The van der Waals surface area contributed by atoms with Gasteiger partial charge in [0.05, 0.1) is 12.3 Å². The van der Waals surface area contributed by atoms with Crippen molar-refractivity contribution in [3.05, 3.63) is 11.8 Å². The molecule has 1 saturated carbocycles. The minimum Gasteiger partial charge on any atom is -0.381 e. The van der Waals surface area contributed by atoms with Gasteiger partial charge in [0.2, 0.25) is 5.95 Å². The summed E-state index contributed by atoms with van der Waals surface area (Å²) in [5.41, 5.74) is -1.32. The van der Waals surface area contributed by atoms with E-state index in [1.165, 1.54) is 11.2 Å². The van der Waals surface area contributed by atoms with Crippen LogP contribution < -0.4 is 10.6 Å². The van der Waals surface area contributed by atoms with Crippen molar-refractivity contribution < 1.29 is 22.7 Å². The lowest BCUT2D eigenvalue weighted by Crippen LogP contribution is -2.43. The Balaban J connectivity index is 1.49. The van der Waals surface area contributed by atoms with Gasteiger partial charge < -0.3 is 15.4 Å².